The number of benzene rings is 1. The van der Waals surface area contributed by atoms with Gasteiger partial charge >= 0.3 is 5.97 Å². The highest BCUT2D eigenvalue weighted by Crippen LogP contribution is 2.21. The van der Waals surface area contributed by atoms with Crippen molar-refractivity contribution in [2.75, 3.05) is 14.2 Å². The number of nitrogens with one attached hydrogen (secondary N) is 1. The zero-order chi connectivity index (χ0) is 14.5. The third-order valence-corrected chi connectivity index (χ3v) is 2.80. The first kappa shape index (κ1) is 13.7. The number of methoxy groups -OCH3 is 2. The molecule has 2 N–H and O–H groups in total. The van der Waals surface area contributed by atoms with Crippen molar-refractivity contribution in [2.24, 2.45) is 0 Å². The molecule has 2 rings (SSSR count). The number of allylic oxidation sites excluding steroid dienone is 2. The maximum absolute atomic E-state index is 10.7. The first-order valence-corrected chi connectivity index (χ1v) is 5.96. The van der Waals surface area contributed by atoms with Gasteiger partial charge in [-0.3, -0.25) is 0 Å². The van der Waals surface area contributed by atoms with E-state index in [9.17, 15) is 4.79 Å². The predicted octanol–water partition coefficient (Wildman–Crippen LogP) is 2.80. The van der Waals surface area contributed by atoms with Gasteiger partial charge in [0.15, 0.2) is 0 Å². The van der Waals surface area contributed by atoms with Crippen molar-refractivity contribution < 1.29 is 19.4 Å². The third-order valence-electron chi connectivity index (χ3n) is 2.80. The van der Waals surface area contributed by atoms with E-state index >= 15 is 0 Å². The number of carbonyl (C=O) groups is 1. The topological polar surface area (TPSA) is 71.5 Å². The van der Waals surface area contributed by atoms with Gasteiger partial charge in [-0.2, -0.15) is 0 Å². The quantitative estimate of drug-likeness (QED) is 0.499. The van der Waals surface area contributed by atoms with Gasteiger partial charge in [0, 0.05) is 16.6 Å². The van der Waals surface area contributed by atoms with Crippen molar-refractivity contribution in [1.29, 1.82) is 0 Å². The molecule has 5 heteroatoms. The second-order valence-corrected chi connectivity index (χ2v) is 4.08. The summed E-state index contributed by atoms with van der Waals surface area (Å²) in [5, 5.41) is 9.82. The molecule has 0 saturated carbocycles. The molecule has 5 nitrogen and oxygen atoms in total. The molecular formula is C15H15NO4. The minimum absolute atomic E-state index is 0.112. The summed E-state index contributed by atoms with van der Waals surface area (Å²) in [5.41, 5.74) is 1.85. The fourth-order valence-electron chi connectivity index (χ4n) is 1.82. The fraction of sp³-hybridized carbons (Fsp3) is 0.133. The summed E-state index contributed by atoms with van der Waals surface area (Å²) in [6.07, 6.45) is 4.79. The fourth-order valence-corrected chi connectivity index (χ4v) is 1.82. The van der Waals surface area contributed by atoms with Gasteiger partial charge in [-0.1, -0.05) is 6.08 Å². The zero-order valence-electron chi connectivity index (χ0n) is 11.2. The van der Waals surface area contributed by atoms with Crippen molar-refractivity contribution in [3.05, 3.63) is 47.9 Å². The summed E-state index contributed by atoms with van der Waals surface area (Å²) in [4.78, 5) is 13.9. The maximum atomic E-state index is 10.7. The smallest absolute Gasteiger partial charge is 0.371 e. The molecule has 0 aliphatic heterocycles. The van der Waals surface area contributed by atoms with Crippen LogP contribution in [0.1, 0.15) is 5.69 Å². The van der Waals surface area contributed by atoms with Crippen LogP contribution in [-0.2, 0) is 9.53 Å². The zero-order valence-corrected chi connectivity index (χ0v) is 11.2. The van der Waals surface area contributed by atoms with E-state index in [4.69, 9.17) is 14.6 Å². The van der Waals surface area contributed by atoms with Crippen LogP contribution in [0.25, 0.3) is 17.0 Å². The van der Waals surface area contributed by atoms with Crippen molar-refractivity contribution in [2.45, 2.75) is 0 Å². The number of aliphatic carboxylic acids is 1. The monoisotopic (exact) mass is 273 g/mol. The molecule has 0 spiro atoms. The van der Waals surface area contributed by atoms with Gasteiger partial charge < -0.3 is 19.6 Å². The van der Waals surface area contributed by atoms with Gasteiger partial charge in [-0.25, -0.2) is 4.79 Å². The lowest BCUT2D eigenvalue weighted by Crippen LogP contribution is -2.01. The van der Waals surface area contributed by atoms with Crippen LogP contribution in [0.3, 0.4) is 0 Å². The van der Waals surface area contributed by atoms with Gasteiger partial charge in [0.1, 0.15) is 5.75 Å². The van der Waals surface area contributed by atoms with Crippen LogP contribution in [0, 0.1) is 0 Å². The molecular weight excluding hydrogens is 258 g/mol. The molecule has 0 amide bonds. The molecule has 0 unspecified atom stereocenters. The van der Waals surface area contributed by atoms with E-state index in [0.717, 1.165) is 22.3 Å². The summed E-state index contributed by atoms with van der Waals surface area (Å²) >= 11 is 0. The molecule has 0 aliphatic rings. The Labute approximate surface area is 116 Å². The standard InChI is InChI=1S/C15H15NO4/c1-19-12-6-7-13-10(9-12)8-11(16-13)4-3-5-14(20-2)15(17)18/h3-9,16H,1-2H3,(H,17,18)/b4-3+,14-5+. The summed E-state index contributed by atoms with van der Waals surface area (Å²) < 4.78 is 9.88. The average molecular weight is 273 g/mol. The number of ether oxygens (including phenoxy) is 2. The largest absolute Gasteiger partial charge is 0.497 e. The van der Waals surface area contributed by atoms with E-state index in [0.29, 0.717) is 0 Å². The van der Waals surface area contributed by atoms with Crippen LogP contribution < -0.4 is 4.74 Å². The van der Waals surface area contributed by atoms with Crippen LogP contribution in [0.15, 0.2) is 42.2 Å². The van der Waals surface area contributed by atoms with Crippen molar-refractivity contribution in [1.82, 2.24) is 4.98 Å². The molecule has 0 fully saturated rings. The Morgan fingerprint density at radius 2 is 2.10 bits per heavy atom. The van der Waals surface area contributed by atoms with Gasteiger partial charge in [0.05, 0.1) is 14.2 Å². The first-order valence-electron chi connectivity index (χ1n) is 5.96. The van der Waals surface area contributed by atoms with E-state index in [1.54, 1.807) is 19.3 Å². The Kier molecular flexibility index (Phi) is 4.10. The first-order chi connectivity index (χ1) is 9.63. The number of rotatable bonds is 5. The van der Waals surface area contributed by atoms with Crippen LogP contribution in [0.5, 0.6) is 5.75 Å². The molecule has 2 aromatic rings. The number of H-pyrrole nitrogens is 1. The Morgan fingerprint density at radius 1 is 1.30 bits per heavy atom. The van der Waals surface area contributed by atoms with E-state index in [2.05, 4.69) is 4.98 Å². The molecule has 1 aromatic heterocycles. The summed E-state index contributed by atoms with van der Waals surface area (Å²) in [6.45, 7) is 0. The van der Waals surface area contributed by atoms with Crippen molar-refractivity contribution in [3.63, 3.8) is 0 Å². The molecule has 20 heavy (non-hydrogen) atoms. The van der Waals surface area contributed by atoms with Gasteiger partial charge in [-0.15, -0.1) is 0 Å². The number of carboxylic acids is 1. The van der Waals surface area contributed by atoms with Gasteiger partial charge in [0.25, 0.3) is 0 Å². The summed E-state index contributed by atoms with van der Waals surface area (Å²) in [5.74, 6) is -0.419. The Bertz CT molecular complexity index is 682. The highest BCUT2D eigenvalue weighted by atomic mass is 16.5. The molecule has 0 bridgehead atoms. The molecule has 1 heterocycles. The number of aromatic amines is 1. The Hall–Kier alpha value is -2.69. The third kappa shape index (κ3) is 3.00. The predicted molar refractivity (Wildman–Crippen MR) is 76.6 cm³/mol. The molecule has 0 saturated heterocycles. The molecule has 1 aromatic carbocycles. The minimum atomic E-state index is -1.10. The second-order valence-electron chi connectivity index (χ2n) is 4.08. The number of hydrogen-bond acceptors (Lipinski definition) is 3. The molecule has 104 valence electrons. The van der Waals surface area contributed by atoms with E-state index in [-0.39, 0.29) is 5.76 Å². The minimum Gasteiger partial charge on any atom is -0.497 e. The molecule has 0 aliphatic carbocycles. The van der Waals surface area contributed by atoms with Crippen LogP contribution in [-0.4, -0.2) is 30.3 Å². The number of aromatic nitrogens is 1. The number of fused-ring (bicyclic) bond motifs is 1. The number of hydrogen-bond donors (Lipinski definition) is 2. The average Bonchev–Trinajstić information content (AvgIpc) is 2.84. The highest BCUT2D eigenvalue weighted by Gasteiger charge is 2.04. The summed E-state index contributed by atoms with van der Waals surface area (Å²) in [6, 6.07) is 7.69. The van der Waals surface area contributed by atoms with Gasteiger partial charge in [0.2, 0.25) is 5.76 Å². The van der Waals surface area contributed by atoms with Crippen LogP contribution in [0.4, 0.5) is 0 Å². The van der Waals surface area contributed by atoms with E-state index < -0.39 is 5.97 Å². The van der Waals surface area contributed by atoms with Crippen LogP contribution in [0.2, 0.25) is 0 Å². The lowest BCUT2D eigenvalue weighted by molar-refractivity contribution is -0.136. The van der Waals surface area contributed by atoms with Crippen molar-refractivity contribution >= 4 is 22.9 Å². The van der Waals surface area contributed by atoms with Gasteiger partial charge in [-0.05, 0) is 36.4 Å². The van der Waals surface area contributed by atoms with Crippen molar-refractivity contribution in [3.8, 4) is 5.75 Å². The second kappa shape index (κ2) is 5.97. The van der Waals surface area contributed by atoms with E-state index in [1.807, 2.05) is 24.3 Å². The maximum Gasteiger partial charge on any atom is 0.371 e. The lowest BCUT2D eigenvalue weighted by Gasteiger charge is -1.97. The molecule has 0 radical (unpaired) electrons. The van der Waals surface area contributed by atoms with E-state index in [1.165, 1.54) is 13.2 Å². The number of carboxylic acid groups (broad SMARTS) is 1. The normalized spacial score (nSPS) is 12.0. The highest BCUT2D eigenvalue weighted by molar-refractivity contribution is 5.85. The molecule has 0 atom stereocenters. The lowest BCUT2D eigenvalue weighted by atomic mass is 10.2. The Morgan fingerprint density at radius 3 is 2.75 bits per heavy atom. The summed E-state index contributed by atoms with van der Waals surface area (Å²) in [7, 11) is 2.95. The van der Waals surface area contributed by atoms with Crippen LogP contribution >= 0.6 is 0 Å². The Balaban J connectivity index is 2.23. The SMILES string of the molecule is CO/C(=C/C=C/c1cc2cc(OC)ccc2[nH]1)C(=O)O.